The maximum absolute atomic E-state index is 13.7. The number of ether oxygens (including phenoxy) is 1. The van der Waals surface area contributed by atoms with Gasteiger partial charge in [-0.05, 0) is 80.5 Å². The summed E-state index contributed by atoms with van der Waals surface area (Å²) in [7, 11) is 0. The van der Waals surface area contributed by atoms with E-state index in [1.54, 1.807) is 24.7 Å². The number of carbonyl (C=O) groups is 1. The van der Waals surface area contributed by atoms with E-state index in [1.807, 2.05) is 13.0 Å². The van der Waals surface area contributed by atoms with Crippen molar-refractivity contribution >= 4 is 22.6 Å². The Bertz CT molecular complexity index is 1170. The number of benzene rings is 1. The normalized spacial score (nSPS) is 27.1. The first-order valence-corrected chi connectivity index (χ1v) is 11.4. The van der Waals surface area contributed by atoms with E-state index in [9.17, 15) is 9.18 Å². The van der Waals surface area contributed by atoms with E-state index in [1.165, 1.54) is 12.1 Å². The van der Waals surface area contributed by atoms with Gasteiger partial charge in [-0.1, -0.05) is 0 Å². The zero-order valence-corrected chi connectivity index (χ0v) is 17.9. The van der Waals surface area contributed by atoms with Crippen LogP contribution in [0.1, 0.15) is 31.4 Å². The minimum Gasteiger partial charge on any atom is -0.490 e. The number of halogens is 1. The molecular weight excluding hydrogens is 407 g/mol. The summed E-state index contributed by atoms with van der Waals surface area (Å²) in [5.74, 6) is 2.99. The molecule has 0 spiro atoms. The Labute approximate surface area is 185 Å². The molecular formula is C25H25FN4O2. The number of amides is 1. The van der Waals surface area contributed by atoms with Gasteiger partial charge in [0.05, 0.1) is 29.7 Å². The predicted molar refractivity (Wildman–Crippen MR) is 117 cm³/mol. The van der Waals surface area contributed by atoms with Crippen molar-refractivity contribution in [2.75, 3.05) is 5.32 Å². The van der Waals surface area contributed by atoms with Crippen LogP contribution in [0.3, 0.4) is 0 Å². The first-order valence-electron chi connectivity index (χ1n) is 11.4. The van der Waals surface area contributed by atoms with Crippen molar-refractivity contribution in [3.8, 4) is 5.75 Å². The van der Waals surface area contributed by atoms with Crippen LogP contribution in [0.4, 0.5) is 10.2 Å². The maximum Gasteiger partial charge on any atom is 0.229 e. The Kier molecular flexibility index (Phi) is 4.59. The molecule has 3 fully saturated rings. The van der Waals surface area contributed by atoms with Gasteiger partial charge in [0, 0.05) is 17.5 Å². The molecule has 0 bridgehead atoms. The Hall–Kier alpha value is -3.09. The summed E-state index contributed by atoms with van der Waals surface area (Å²) in [5, 5.41) is 3.70. The molecule has 6 rings (SSSR count). The number of pyridine rings is 1. The van der Waals surface area contributed by atoms with Crippen LogP contribution in [0.25, 0.3) is 10.9 Å². The summed E-state index contributed by atoms with van der Waals surface area (Å²) in [6.45, 7) is 1.88. The van der Waals surface area contributed by atoms with Gasteiger partial charge in [-0.25, -0.2) is 9.37 Å². The Balaban J connectivity index is 1.12. The minimum absolute atomic E-state index is 0.0462. The first kappa shape index (κ1) is 19.6. The summed E-state index contributed by atoms with van der Waals surface area (Å²) in [6, 6.07) is 6.39. The molecule has 3 saturated carbocycles. The lowest BCUT2D eigenvalue weighted by molar-refractivity contribution is -0.121. The molecule has 3 aliphatic carbocycles. The van der Waals surface area contributed by atoms with Gasteiger partial charge in [-0.2, -0.15) is 0 Å². The third-order valence-electron chi connectivity index (χ3n) is 7.30. The van der Waals surface area contributed by atoms with Gasteiger partial charge in [0.15, 0.2) is 5.82 Å². The number of rotatable bonds is 6. The van der Waals surface area contributed by atoms with Crippen LogP contribution in [0.15, 0.2) is 42.9 Å². The number of nitrogens with one attached hydrogen (secondary N) is 1. The van der Waals surface area contributed by atoms with Crippen LogP contribution in [0.5, 0.6) is 5.75 Å². The van der Waals surface area contributed by atoms with Crippen molar-refractivity contribution in [1.82, 2.24) is 15.0 Å². The number of aromatic nitrogens is 3. The molecule has 2 aromatic heterocycles. The van der Waals surface area contributed by atoms with E-state index in [4.69, 9.17) is 4.74 Å². The van der Waals surface area contributed by atoms with Crippen molar-refractivity contribution in [3.05, 3.63) is 54.4 Å². The van der Waals surface area contributed by atoms with E-state index in [-0.39, 0.29) is 23.7 Å². The van der Waals surface area contributed by atoms with Crippen LogP contribution < -0.4 is 10.1 Å². The number of carbonyl (C=O) groups excluding carboxylic acids is 1. The quantitative estimate of drug-likeness (QED) is 0.619. The smallest absolute Gasteiger partial charge is 0.229 e. The number of hydrogen-bond acceptors (Lipinski definition) is 5. The molecule has 1 unspecified atom stereocenters. The van der Waals surface area contributed by atoms with Crippen molar-refractivity contribution in [1.29, 1.82) is 0 Å². The first-order chi connectivity index (χ1) is 15.6. The summed E-state index contributed by atoms with van der Waals surface area (Å²) in [4.78, 5) is 25.9. The highest BCUT2D eigenvalue weighted by molar-refractivity contribution is 5.92. The fraction of sp³-hybridized carbons (Fsp3) is 0.440. The van der Waals surface area contributed by atoms with Gasteiger partial charge in [0.1, 0.15) is 11.6 Å². The lowest BCUT2D eigenvalue weighted by atomic mass is 9.91. The van der Waals surface area contributed by atoms with Crippen molar-refractivity contribution < 1.29 is 13.9 Å². The summed E-state index contributed by atoms with van der Waals surface area (Å²) in [5.41, 5.74) is 1.56. The molecule has 1 N–H and O–H groups in total. The van der Waals surface area contributed by atoms with Crippen LogP contribution in [-0.4, -0.2) is 27.0 Å². The zero-order valence-electron chi connectivity index (χ0n) is 17.9. The monoisotopic (exact) mass is 432 g/mol. The molecule has 1 amide bonds. The molecule has 2 heterocycles. The average molecular weight is 432 g/mol. The Morgan fingerprint density at radius 1 is 1.12 bits per heavy atom. The van der Waals surface area contributed by atoms with Crippen LogP contribution >= 0.6 is 0 Å². The topological polar surface area (TPSA) is 77.0 Å². The lowest BCUT2D eigenvalue weighted by Gasteiger charge is -2.22. The fourth-order valence-electron chi connectivity index (χ4n) is 5.67. The van der Waals surface area contributed by atoms with Gasteiger partial charge in [0.2, 0.25) is 5.91 Å². The Morgan fingerprint density at radius 3 is 2.66 bits per heavy atom. The standard InChI is InChI=1S/C25H25FN4O2/c1-13-11-29-22(12-28-13)30-25(31)23(14-2-3-14)24-17-9-16(10-18(17)24)32-21-6-7-27-20-5-4-15(26)8-19(20)21/h4-8,11-12,14,16-18,23-24H,2-3,9-10H2,1H3,(H,29,30,31)/t16-,17+,18-,23?,24-. The average Bonchev–Trinajstić information content (AvgIpc) is 3.69. The van der Waals surface area contributed by atoms with Crippen LogP contribution in [0, 0.1) is 42.3 Å². The number of nitrogens with zero attached hydrogens (tertiary/aromatic N) is 3. The van der Waals surface area contributed by atoms with Gasteiger partial charge >= 0.3 is 0 Å². The number of anilines is 1. The van der Waals surface area contributed by atoms with Crippen molar-refractivity contribution in [3.63, 3.8) is 0 Å². The Morgan fingerprint density at radius 2 is 1.94 bits per heavy atom. The highest BCUT2D eigenvalue weighted by atomic mass is 19.1. The molecule has 7 heteroatoms. The van der Waals surface area contributed by atoms with E-state index in [2.05, 4.69) is 20.3 Å². The number of aryl methyl sites for hydroxylation is 1. The largest absolute Gasteiger partial charge is 0.490 e. The third-order valence-corrected chi connectivity index (χ3v) is 7.30. The molecule has 3 aromatic rings. The fourth-order valence-corrected chi connectivity index (χ4v) is 5.67. The van der Waals surface area contributed by atoms with Gasteiger partial charge in [0.25, 0.3) is 0 Å². The number of hydrogen-bond donors (Lipinski definition) is 1. The second-order valence-corrected chi connectivity index (χ2v) is 9.48. The lowest BCUT2D eigenvalue weighted by Crippen LogP contribution is -2.29. The second-order valence-electron chi connectivity index (χ2n) is 9.48. The van der Waals surface area contributed by atoms with E-state index >= 15 is 0 Å². The van der Waals surface area contributed by atoms with Crippen molar-refractivity contribution in [2.24, 2.45) is 29.6 Å². The molecule has 32 heavy (non-hydrogen) atoms. The summed E-state index contributed by atoms with van der Waals surface area (Å²) < 4.78 is 20.0. The highest BCUT2D eigenvalue weighted by Crippen LogP contribution is 2.64. The van der Waals surface area contributed by atoms with E-state index in [0.29, 0.717) is 40.6 Å². The molecule has 0 saturated heterocycles. The molecule has 5 atom stereocenters. The molecule has 164 valence electrons. The molecule has 1 aromatic carbocycles. The minimum atomic E-state index is -0.291. The van der Waals surface area contributed by atoms with Gasteiger partial charge < -0.3 is 10.1 Å². The van der Waals surface area contributed by atoms with E-state index in [0.717, 1.165) is 36.9 Å². The molecule has 6 nitrogen and oxygen atoms in total. The van der Waals surface area contributed by atoms with Gasteiger partial charge in [-0.15, -0.1) is 0 Å². The third kappa shape index (κ3) is 3.59. The van der Waals surface area contributed by atoms with Gasteiger partial charge in [-0.3, -0.25) is 14.8 Å². The highest BCUT2D eigenvalue weighted by Gasteiger charge is 2.63. The number of fused-ring (bicyclic) bond motifs is 2. The summed E-state index contributed by atoms with van der Waals surface area (Å²) in [6.07, 6.45) is 9.23. The zero-order chi connectivity index (χ0) is 21.8. The van der Waals surface area contributed by atoms with Crippen molar-refractivity contribution in [2.45, 2.75) is 38.7 Å². The molecule has 0 aliphatic heterocycles. The maximum atomic E-state index is 13.7. The summed E-state index contributed by atoms with van der Waals surface area (Å²) >= 11 is 0. The second kappa shape index (κ2) is 7.50. The predicted octanol–water partition coefficient (Wildman–Crippen LogP) is 4.54. The SMILES string of the molecule is Cc1cnc(NC(=O)C(C2CC2)[C@H]2[C@@H]3C[C@H](Oc4ccnc5ccc(F)cc45)C[C@@H]32)cn1. The van der Waals surface area contributed by atoms with Crippen LogP contribution in [-0.2, 0) is 4.79 Å². The van der Waals surface area contributed by atoms with Crippen LogP contribution in [0.2, 0.25) is 0 Å². The van der Waals surface area contributed by atoms with E-state index < -0.39 is 0 Å². The molecule has 3 aliphatic rings. The molecule has 0 radical (unpaired) electrons.